The monoisotopic (exact) mass is 362 g/mol. The zero-order chi connectivity index (χ0) is 18.4. The highest BCUT2D eigenvalue weighted by Gasteiger charge is 2.34. The number of benzene rings is 2. The Morgan fingerprint density at radius 3 is 2.37 bits per heavy atom. The Morgan fingerprint density at radius 1 is 0.926 bits per heavy atom. The summed E-state index contributed by atoms with van der Waals surface area (Å²) in [6.07, 6.45) is 2.09. The average molecular weight is 362 g/mol. The number of likely N-dealkylation sites (tertiary alicyclic amines) is 1. The van der Waals surface area contributed by atoms with Crippen molar-refractivity contribution in [2.24, 2.45) is 0 Å². The van der Waals surface area contributed by atoms with Crippen molar-refractivity contribution < 1.29 is 0 Å². The summed E-state index contributed by atoms with van der Waals surface area (Å²) in [6.45, 7) is 6.50. The lowest BCUT2D eigenvalue weighted by molar-refractivity contribution is 0.115. The predicted molar refractivity (Wildman–Crippen MR) is 110 cm³/mol. The fourth-order valence-electron chi connectivity index (χ4n) is 4.60. The fraction of sp³-hybridized carbons (Fsp3) is 0.409. The molecule has 27 heavy (non-hydrogen) atoms. The van der Waals surface area contributed by atoms with Gasteiger partial charge in [0.1, 0.15) is 0 Å². The first-order valence-corrected chi connectivity index (χ1v) is 9.94. The summed E-state index contributed by atoms with van der Waals surface area (Å²) in [5.74, 6) is 0. The fourth-order valence-corrected chi connectivity index (χ4v) is 4.60. The lowest BCUT2D eigenvalue weighted by atomic mass is 9.98. The molecule has 0 saturated carbocycles. The minimum atomic E-state index is 0.0313. The van der Waals surface area contributed by atoms with Gasteiger partial charge in [0.05, 0.1) is 11.0 Å². The second kappa shape index (κ2) is 6.57. The number of anilines is 1. The van der Waals surface area contributed by atoms with E-state index in [1.165, 1.54) is 11.3 Å². The van der Waals surface area contributed by atoms with Crippen molar-refractivity contribution in [3.05, 3.63) is 64.6 Å². The number of H-pyrrole nitrogens is 1. The van der Waals surface area contributed by atoms with Crippen LogP contribution in [0.25, 0.3) is 11.0 Å². The highest BCUT2D eigenvalue weighted by molar-refractivity contribution is 5.75. The highest BCUT2D eigenvalue weighted by Crippen LogP contribution is 2.29. The Bertz CT molecular complexity index is 989. The van der Waals surface area contributed by atoms with Gasteiger partial charge in [-0.3, -0.25) is 9.47 Å². The van der Waals surface area contributed by atoms with Crippen molar-refractivity contribution in [2.45, 2.75) is 31.8 Å². The first-order chi connectivity index (χ1) is 13.2. The van der Waals surface area contributed by atoms with Crippen LogP contribution >= 0.6 is 0 Å². The highest BCUT2D eigenvalue weighted by atomic mass is 16.1. The van der Waals surface area contributed by atoms with E-state index in [-0.39, 0.29) is 5.69 Å². The van der Waals surface area contributed by atoms with E-state index in [1.54, 1.807) is 0 Å². The Kier molecular flexibility index (Phi) is 4.05. The molecule has 140 valence electrons. The summed E-state index contributed by atoms with van der Waals surface area (Å²) < 4.78 is 1.98. The van der Waals surface area contributed by atoms with E-state index >= 15 is 0 Å². The van der Waals surface area contributed by atoms with E-state index in [4.69, 9.17) is 0 Å². The molecule has 5 nitrogen and oxygen atoms in total. The maximum Gasteiger partial charge on any atom is 0.326 e. The molecular formula is C22H26N4O. The molecule has 2 aromatic carbocycles. The molecular weight excluding hydrogens is 336 g/mol. The van der Waals surface area contributed by atoms with E-state index in [2.05, 4.69) is 46.0 Å². The van der Waals surface area contributed by atoms with Crippen molar-refractivity contribution in [1.29, 1.82) is 0 Å². The topological polar surface area (TPSA) is 44.3 Å². The lowest BCUT2D eigenvalue weighted by Crippen LogP contribution is -2.61. The Balaban J connectivity index is 1.22. The molecule has 2 aliphatic heterocycles. The van der Waals surface area contributed by atoms with Crippen molar-refractivity contribution in [2.75, 3.05) is 31.1 Å². The lowest BCUT2D eigenvalue weighted by Gasteiger charge is -2.48. The molecule has 2 saturated heterocycles. The third-order valence-corrected chi connectivity index (χ3v) is 6.27. The molecule has 0 amide bonds. The molecule has 0 spiro atoms. The predicted octanol–water partition coefficient (Wildman–Crippen LogP) is 3.16. The summed E-state index contributed by atoms with van der Waals surface area (Å²) in [5, 5.41) is 0. The van der Waals surface area contributed by atoms with Gasteiger partial charge in [-0.05, 0) is 44.0 Å². The van der Waals surface area contributed by atoms with Gasteiger partial charge in [-0.2, -0.15) is 0 Å². The number of hydrogen-bond donors (Lipinski definition) is 1. The second-order valence-electron chi connectivity index (χ2n) is 7.98. The summed E-state index contributed by atoms with van der Waals surface area (Å²) in [4.78, 5) is 20.5. The molecule has 5 rings (SSSR count). The van der Waals surface area contributed by atoms with Crippen molar-refractivity contribution in [3.8, 4) is 0 Å². The number of aromatic nitrogens is 2. The van der Waals surface area contributed by atoms with Crippen molar-refractivity contribution in [3.63, 3.8) is 0 Å². The quantitative estimate of drug-likeness (QED) is 0.778. The number of rotatable bonds is 3. The summed E-state index contributed by atoms with van der Waals surface area (Å²) in [6, 6.07) is 17.8. The van der Waals surface area contributed by atoms with Crippen LogP contribution in [0.2, 0.25) is 0 Å². The van der Waals surface area contributed by atoms with Gasteiger partial charge < -0.3 is 9.88 Å². The number of aryl methyl sites for hydroxylation is 1. The van der Waals surface area contributed by atoms with E-state index in [0.717, 1.165) is 50.1 Å². The van der Waals surface area contributed by atoms with Crippen LogP contribution in [0.1, 0.15) is 24.4 Å². The van der Waals surface area contributed by atoms with Crippen LogP contribution in [-0.4, -0.2) is 46.7 Å². The Morgan fingerprint density at radius 2 is 1.63 bits per heavy atom. The molecule has 1 N–H and O–H groups in total. The molecule has 5 heteroatoms. The van der Waals surface area contributed by atoms with Crippen LogP contribution in [0.4, 0.5) is 5.69 Å². The first kappa shape index (κ1) is 16.6. The average Bonchev–Trinajstić information content (AvgIpc) is 2.98. The largest absolute Gasteiger partial charge is 0.368 e. The van der Waals surface area contributed by atoms with Crippen LogP contribution in [0, 0.1) is 6.92 Å². The standard InChI is InChI=1S/C22H26N4O/c1-16-6-8-17(9-7-16)25-14-19(15-25)24-12-10-18(11-13-24)26-21-5-3-2-4-20(21)23-22(26)27/h2-9,18-19H,10-15H2,1H3,(H,23,27). The molecule has 2 fully saturated rings. The summed E-state index contributed by atoms with van der Waals surface area (Å²) in [7, 11) is 0. The molecule has 0 unspecified atom stereocenters. The molecule has 3 aromatic rings. The van der Waals surface area contributed by atoms with Gasteiger partial charge in [0.2, 0.25) is 0 Å². The first-order valence-electron chi connectivity index (χ1n) is 9.94. The summed E-state index contributed by atoms with van der Waals surface area (Å²) in [5.41, 5.74) is 4.65. The molecule has 0 aliphatic carbocycles. The van der Waals surface area contributed by atoms with E-state index in [0.29, 0.717) is 12.1 Å². The number of fused-ring (bicyclic) bond motifs is 1. The van der Waals surface area contributed by atoms with E-state index in [1.807, 2.05) is 28.8 Å². The minimum absolute atomic E-state index is 0.0313. The van der Waals surface area contributed by atoms with Crippen LogP contribution < -0.4 is 10.6 Å². The molecule has 1 aromatic heterocycles. The number of aromatic amines is 1. The van der Waals surface area contributed by atoms with Crippen molar-refractivity contribution >= 4 is 16.7 Å². The molecule has 3 heterocycles. The molecule has 2 aliphatic rings. The Hall–Kier alpha value is -2.53. The van der Waals surface area contributed by atoms with Gasteiger partial charge in [0, 0.05) is 44.0 Å². The zero-order valence-corrected chi connectivity index (χ0v) is 15.8. The SMILES string of the molecule is Cc1ccc(N2CC(N3CCC(n4c(=O)[nH]c5ccccc54)CC3)C2)cc1. The van der Waals surface area contributed by atoms with Gasteiger partial charge in [0.15, 0.2) is 0 Å². The van der Waals surface area contributed by atoms with Gasteiger partial charge in [-0.15, -0.1) is 0 Å². The number of nitrogens with one attached hydrogen (secondary N) is 1. The van der Waals surface area contributed by atoms with E-state index < -0.39 is 0 Å². The van der Waals surface area contributed by atoms with Crippen LogP contribution in [0.5, 0.6) is 0 Å². The number of para-hydroxylation sites is 2. The second-order valence-corrected chi connectivity index (χ2v) is 7.98. The third-order valence-electron chi connectivity index (χ3n) is 6.27. The number of piperidine rings is 1. The van der Waals surface area contributed by atoms with Crippen LogP contribution in [0.3, 0.4) is 0 Å². The van der Waals surface area contributed by atoms with Crippen LogP contribution in [0.15, 0.2) is 53.3 Å². The third kappa shape index (κ3) is 2.96. The van der Waals surface area contributed by atoms with E-state index in [9.17, 15) is 4.79 Å². The number of nitrogens with zero attached hydrogens (tertiary/aromatic N) is 3. The summed E-state index contributed by atoms with van der Waals surface area (Å²) >= 11 is 0. The molecule has 0 atom stereocenters. The minimum Gasteiger partial charge on any atom is -0.368 e. The van der Waals surface area contributed by atoms with Gasteiger partial charge in [-0.25, -0.2) is 4.79 Å². The molecule has 0 radical (unpaired) electrons. The maximum atomic E-state index is 12.4. The van der Waals surface area contributed by atoms with Crippen molar-refractivity contribution in [1.82, 2.24) is 14.5 Å². The Labute approximate surface area is 159 Å². The zero-order valence-electron chi connectivity index (χ0n) is 15.8. The number of hydrogen-bond acceptors (Lipinski definition) is 3. The maximum absolute atomic E-state index is 12.4. The van der Waals surface area contributed by atoms with Gasteiger partial charge in [-0.1, -0.05) is 29.8 Å². The van der Waals surface area contributed by atoms with Gasteiger partial charge >= 0.3 is 5.69 Å². The number of imidazole rings is 1. The normalized spacial score (nSPS) is 19.5. The van der Waals surface area contributed by atoms with Crippen LogP contribution in [-0.2, 0) is 0 Å². The molecule has 0 bridgehead atoms. The smallest absolute Gasteiger partial charge is 0.326 e. The van der Waals surface area contributed by atoms with Gasteiger partial charge in [0.25, 0.3) is 0 Å².